The fourth-order valence-electron chi connectivity index (χ4n) is 2.51. The van der Waals surface area contributed by atoms with E-state index in [1.54, 1.807) is 25.1 Å². The molecule has 2 aromatic carbocycles. The van der Waals surface area contributed by atoms with Crippen LogP contribution in [0.5, 0.6) is 0 Å². The van der Waals surface area contributed by atoms with E-state index in [0.717, 1.165) is 11.0 Å². The zero-order valence-electron chi connectivity index (χ0n) is 12.6. The molecule has 3 rings (SSSR count). The molecule has 1 N–H and O–H groups in total. The highest BCUT2D eigenvalue weighted by Crippen LogP contribution is 2.26. The lowest BCUT2D eigenvalue weighted by molar-refractivity contribution is -0.116. The van der Waals surface area contributed by atoms with Crippen molar-refractivity contribution in [3.05, 3.63) is 63.9 Å². The van der Waals surface area contributed by atoms with Crippen LogP contribution in [-0.4, -0.2) is 29.2 Å². The Morgan fingerprint density at radius 1 is 1.17 bits per heavy atom. The van der Waals surface area contributed by atoms with Crippen molar-refractivity contribution in [2.75, 3.05) is 11.9 Å². The van der Waals surface area contributed by atoms with E-state index in [0.29, 0.717) is 16.3 Å². The van der Waals surface area contributed by atoms with Crippen molar-refractivity contribution in [2.45, 2.75) is 6.92 Å². The number of hydrogen-bond acceptors (Lipinski definition) is 3. The molecule has 7 heteroatoms. The minimum absolute atomic E-state index is 0.0354. The number of benzene rings is 2. The fraction of sp³-hybridized carbons (Fsp3) is 0.118. The molecule has 5 nitrogen and oxygen atoms in total. The predicted octanol–water partition coefficient (Wildman–Crippen LogP) is 3.02. The van der Waals surface area contributed by atoms with Crippen LogP contribution in [0.1, 0.15) is 26.3 Å². The molecule has 0 unspecified atom stereocenters. The second-order valence-electron chi connectivity index (χ2n) is 5.32. The van der Waals surface area contributed by atoms with E-state index in [1.807, 2.05) is 0 Å². The van der Waals surface area contributed by atoms with Gasteiger partial charge in [-0.05, 0) is 36.8 Å². The number of fused-ring (bicyclic) bond motifs is 1. The summed E-state index contributed by atoms with van der Waals surface area (Å²) in [5.41, 5.74) is 0.817. The number of nitrogens with one attached hydrogen (secondary N) is 1. The zero-order chi connectivity index (χ0) is 17.4. The number of halogens is 2. The average Bonchev–Trinajstić information content (AvgIpc) is 2.78. The van der Waals surface area contributed by atoms with Crippen LogP contribution in [-0.2, 0) is 4.79 Å². The van der Waals surface area contributed by atoms with Crippen LogP contribution in [0.3, 0.4) is 0 Å². The molecule has 2 aromatic rings. The molecule has 0 saturated heterocycles. The predicted molar refractivity (Wildman–Crippen MR) is 86.6 cm³/mol. The molecule has 1 aliphatic heterocycles. The first-order valence-electron chi connectivity index (χ1n) is 7.10. The second-order valence-corrected chi connectivity index (χ2v) is 5.73. The summed E-state index contributed by atoms with van der Waals surface area (Å²) in [6, 6.07) is 8.81. The summed E-state index contributed by atoms with van der Waals surface area (Å²) >= 11 is 5.98. The Balaban J connectivity index is 1.79. The van der Waals surface area contributed by atoms with Crippen LogP contribution in [0.2, 0.25) is 5.02 Å². The number of imide groups is 1. The Bertz CT molecular complexity index is 882. The summed E-state index contributed by atoms with van der Waals surface area (Å²) in [7, 11) is 0. The molecule has 0 fully saturated rings. The van der Waals surface area contributed by atoms with Gasteiger partial charge in [0.25, 0.3) is 11.8 Å². The molecule has 122 valence electrons. The number of hydrogen-bond donors (Lipinski definition) is 1. The first-order valence-corrected chi connectivity index (χ1v) is 7.47. The summed E-state index contributed by atoms with van der Waals surface area (Å²) in [4.78, 5) is 37.3. The van der Waals surface area contributed by atoms with Gasteiger partial charge in [-0.3, -0.25) is 19.3 Å². The molecule has 3 amide bonds. The van der Waals surface area contributed by atoms with Gasteiger partial charge in [0.05, 0.1) is 11.1 Å². The molecule has 1 aliphatic rings. The van der Waals surface area contributed by atoms with Gasteiger partial charge in [-0.25, -0.2) is 4.39 Å². The average molecular weight is 347 g/mol. The summed E-state index contributed by atoms with van der Waals surface area (Å²) in [5, 5.41) is 3.08. The molecule has 0 radical (unpaired) electrons. The van der Waals surface area contributed by atoms with Crippen molar-refractivity contribution >= 4 is 35.0 Å². The lowest BCUT2D eigenvalue weighted by atomic mass is 10.1. The van der Waals surface area contributed by atoms with Crippen LogP contribution in [0.4, 0.5) is 10.1 Å². The molecular formula is C17H12ClFN2O3. The molecule has 0 atom stereocenters. The molecular weight excluding hydrogens is 335 g/mol. The third-order valence-electron chi connectivity index (χ3n) is 3.79. The van der Waals surface area contributed by atoms with E-state index in [-0.39, 0.29) is 11.1 Å². The molecule has 0 spiro atoms. The smallest absolute Gasteiger partial charge is 0.265 e. The third-order valence-corrected chi connectivity index (χ3v) is 4.20. The van der Waals surface area contributed by atoms with Gasteiger partial charge in [0.15, 0.2) is 0 Å². The normalized spacial score (nSPS) is 13.2. The molecule has 0 bridgehead atoms. The molecule has 1 heterocycles. The number of anilines is 1. The van der Waals surface area contributed by atoms with E-state index in [1.165, 1.54) is 12.1 Å². The van der Waals surface area contributed by atoms with Gasteiger partial charge in [-0.2, -0.15) is 0 Å². The Morgan fingerprint density at radius 3 is 2.58 bits per heavy atom. The molecule has 24 heavy (non-hydrogen) atoms. The standard InChI is InChI=1S/C17H12ClFN2O3/c1-9-11(18)5-3-7-13(9)20-14(22)8-21-16(23)10-4-2-6-12(19)15(10)17(21)24/h2-7H,8H2,1H3,(H,20,22). The maximum Gasteiger partial charge on any atom is 0.265 e. The number of rotatable bonds is 3. The van der Waals surface area contributed by atoms with Crippen molar-refractivity contribution < 1.29 is 18.8 Å². The Hall–Kier alpha value is -2.73. The Kier molecular flexibility index (Phi) is 4.07. The van der Waals surface area contributed by atoms with E-state index in [9.17, 15) is 18.8 Å². The SMILES string of the molecule is Cc1c(Cl)cccc1NC(=O)CN1C(=O)c2cccc(F)c2C1=O. The van der Waals surface area contributed by atoms with Gasteiger partial charge in [0, 0.05) is 10.7 Å². The quantitative estimate of drug-likeness (QED) is 0.869. The zero-order valence-corrected chi connectivity index (χ0v) is 13.4. The van der Waals surface area contributed by atoms with E-state index in [4.69, 9.17) is 11.6 Å². The monoisotopic (exact) mass is 346 g/mol. The van der Waals surface area contributed by atoms with Crippen molar-refractivity contribution in [3.8, 4) is 0 Å². The number of nitrogens with zero attached hydrogens (tertiary/aromatic N) is 1. The van der Waals surface area contributed by atoms with Gasteiger partial charge in [-0.15, -0.1) is 0 Å². The summed E-state index contributed by atoms with van der Waals surface area (Å²) < 4.78 is 13.8. The van der Waals surface area contributed by atoms with Crippen LogP contribution < -0.4 is 5.32 Å². The fourth-order valence-corrected chi connectivity index (χ4v) is 2.69. The summed E-state index contributed by atoms with van der Waals surface area (Å²) in [6.07, 6.45) is 0. The van der Waals surface area contributed by atoms with Gasteiger partial charge in [0.1, 0.15) is 12.4 Å². The van der Waals surface area contributed by atoms with Gasteiger partial charge < -0.3 is 5.32 Å². The van der Waals surface area contributed by atoms with Crippen LogP contribution in [0.25, 0.3) is 0 Å². The Morgan fingerprint density at radius 2 is 1.88 bits per heavy atom. The lowest BCUT2D eigenvalue weighted by Crippen LogP contribution is -2.37. The highest BCUT2D eigenvalue weighted by Gasteiger charge is 2.38. The van der Waals surface area contributed by atoms with E-state index < -0.39 is 30.1 Å². The third kappa shape index (κ3) is 2.65. The number of carbonyl (C=O) groups is 3. The highest BCUT2D eigenvalue weighted by atomic mass is 35.5. The maximum absolute atomic E-state index is 13.8. The minimum atomic E-state index is -0.814. The topological polar surface area (TPSA) is 66.5 Å². The Labute approximate surface area is 142 Å². The molecule has 0 aromatic heterocycles. The van der Waals surface area contributed by atoms with Crippen LogP contribution in [0, 0.1) is 12.7 Å². The van der Waals surface area contributed by atoms with Gasteiger partial charge >= 0.3 is 0 Å². The van der Waals surface area contributed by atoms with E-state index >= 15 is 0 Å². The number of carbonyl (C=O) groups excluding carboxylic acids is 3. The molecule has 0 saturated carbocycles. The van der Waals surface area contributed by atoms with Crippen LogP contribution in [0.15, 0.2) is 36.4 Å². The molecule has 0 aliphatic carbocycles. The van der Waals surface area contributed by atoms with Crippen LogP contribution >= 0.6 is 11.6 Å². The maximum atomic E-state index is 13.8. The first-order chi connectivity index (χ1) is 11.4. The second kappa shape index (κ2) is 6.05. The van der Waals surface area contributed by atoms with Gasteiger partial charge in [0.2, 0.25) is 5.91 Å². The van der Waals surface area contributed by atoms with Crippen molar-refractivity contribution in [1.82, 2.24) is 4.90 Å². The highest BCUT2D eigenvalue weighted by molar-refractivity contribution is 6.31. The summed E-state index contributed by atoms with van der Waals surface area (Å²) in [6.45, 7) is 1.23. The largest absolute Gasteiger partial charge is 0.324 e. The van der Waals surface area contributed by atoms with E-state index in [2.05, 4.69) is 5.32 Å². The first kappa shape index (κ1) is 16.1. The minimum Gasteiger partial charge on any atom is -0.324 e. The lowest BCUT2D eigenvalue weighted by Gasteiger charge is -2.15. The number of amides is 3. The summed E-state index contributed by atoms with van der Waals surface area (Å²) in [5.74, 6) is -2.85. The van der Waals surface area contributed by atoms with Crippen molar-refractivity contribution in [1.29, 1.82) is 0 Å². The van der Waals surface area contributed by atoms with Crippen molar-refractivity contribution in [2.24, 2.45) is 0 Å². The van der Waals surface area contributed by atoms with Crippen molar-refractivity contribution in [3.63, 3.8) is 0 Å². The van der Waals surface area contributed by atoms with Gasteiger partial charge in [-0.1, -0.05) is 23.7 Å².